The van der Waals surface area contributed by atoms with E-state index in [0.717, 1.165) is 13.1 Å². The molecule has 1 aromatic heterocycles. The van der Waals surface area contributed by atoms with Crippen molar-refractivity contribution in [3.05, 3.63) is 64.9 Å². The predicted molar refractivity (Wildman–Crippen MR) is 107 cm³/mol. The number of likely N-dealkylation sites (tertiary alicyclic amines) is 1. The monoisotopic (exact) mass is 400 g/mol. The summed E-state index contributed by atoms with van der Waals surface area (Å²) < 4.78 is 19.0. The van der Waals surface area contributed by atoms with Crippen molar-refractivity contribution in [3.63, 3.8) is 0 Å². The van der Waals surface area contributed by atoms with Gasteiger partial charge < -0.3 is 19.3 Å². The van der Waals surface area contributed by atoms with E-state index in [9.17, 15) is 19.1 Å². The highest BCUT2D eigenvalue weighted by Gasteiger charge is 2.47. The molecule has 1 aliphatic heterocycles. The van der Waals surface area contributed by atoms with Crippen LogP contribution in [0.4, 0.5) is 4.39 Å². The summed E-state index contributed by atoms with van der Waals surface area (Å²) in [5.74, 6) is -1.21. The number of amides is 1. The number of aliphatic hydroxyl groups excluding tert-OH is 1. The first kappa shape index (κ1) is 20.8. The average Bonchev–Trinajstić information content (AvgIpc) is 3.24. The number of carbonyl (C=O) groups is 2. The fourth-order valence-electron chi connectivity index (χ4n) is 3.56. The molecule has 2 aromatic rings. The Hall–Kier alpha value is -2.93. The molecule has 154 valence electrons. The quantitative estimate of drug-likeness (QED) is 0.438. The molecule has 1 saturated heterocycles. The Morgan fingerprint density at radius 3 is 2.34 bits per heavy atom. The van der Waals surface area contributed by atoms with Crippen molar-refractivity contribution in [1.82, 2.24) is 9.80 Å². The van der Waals surface area contributed by atoms with Gasteiger partial charge in [-0.1, -0.05) is 13.8 Å². The molecule has 1 fully saturated rings. The molecular formula is C22H25FN2O4. The molecule has 1 aromatic carbocycles. The molecule has 0 radical (unpaired) electrons. The second kappa shape index (κ2) is 8.61. The molecule has 0 bridgehead atoms. The maximum atomic E-state index is 13.3. The number of nitrogens with zero attached hydrogens (tertiary/aromatic N) is 2. The second-order valence-electron chi connectivity index (χ2n) is 6.97. The fourth-order valence-corrected chi connectivity index (χ4v) is 3.56. The molecule has 29 heavy (non-hydrogen) atoms. The van der Waals surface area contributed by atoms with Gasteiger partial charge in [0, 0.05) is 18.7 Å². The lowest BCUT2D eigenvalue weighted by Crippen LogP contribution is -2.37. The molecule has 0 saturated carbocycles. The van der Waals surface area contributed by atoms with Crippen LogP contribution in [0, 0.1) is 12.7 Å². The molecule has 3 rings (SSSR count). The molecule has 1 aliphatic rings. The van der Waals surface area contributed by atoms with Gasteiger partial charge in [0.2, 0.25) is 0 Å². The molecular weight excluding hydrogens is 375 g/mol. The van der Waals surface area contributed by atoms with E-state index in [0.29, 0.717) is 24.6 Å². The number of hydrogen-bond donors (Lipinski definition) is 1. The van der Waals surface area contributed by atoms with Gasteiger partial charge in [0.25, 0.3) is 11.7 Å². The predicted octanol–water partition coefficient (Wildman–Crippen LogP) is 3.49. The van der Waals surface area contributed by atoms with Crippen LogP contribution in [0.5, 0.6) is 0 Å². The van der Waals surface area contributed by atoms with Crippen LogP contribution in [-0.4, -0.2) is 52.8 Å². The summed E-state index contributed by atoms with van der Waals surface area (Å²) in [5, 5.41) is 10.8. The first-order chi connectivity index (χ1) is 13.9. The van der Waals surface area contributed by atoms with Gasteiger partial charge in [-0.25, -0.2) is 4.39 Å². The number of likely N-dealkylation sites (N-methyl/N-ethyl adjacent to an activating group) is 1. The Morgan fingerprint density at radius 2 is 1.79 bits per heavy atom. The minimum absolute atomic E-state index is 0.0458. The summed E-state index contributed by atoms with van der Waals surface area (Å²) in [6, 6.07) is 7.75. The molecule has 1 N–H and O–H groups in total. The van der Waals surface area contributed by atoms with Gasteiger partial charge in [0.15, 0.2) is 0 Å². The van der Waals surface area contributed by atoms with Gasteiger partial charge in [-0.3, -0.25) is 9.59 Å². The van der Waals surface area contributed by atoms with Gasteiger partial charge in [-0.05, 0) is 56.4 Å². The van der Waals surface area contributed by atoms with Crippen LogP contribution < -0.4 is 0 Å². The van der Waals surface area contributed by atoms with Gasteiger partial charge in [-0.2, -0.15) is 0 Å². The molecule has 1 amide bonds. The van der Waals surface area contributed by atoms with E-state index in [-0.39, 0.29) is 16.9 Å². The number of halogens is 1. The largest absolute Gasteiger partial charge is 0.507 e. The van der Waals surface area contributed by atoms with Gasteiger partial charge >= 0.3 is 0 Å². The summed E-state index contributed by atoms with van der Waals surface area (Å²) in [6.07, 6.45) is 0. The number of carbonyl (C=O) groups excluding carboxylic acids is 2. The Balaban J connectivity index is 2.06. The summed E-state index contributed by atoms with van der Waals surface area (Å²) >= 11 is 0. The highest BCUT2D eigenvalue weighted by atomic mass is 19.1. The van der Waals surface area contributed by atoms with E-state index in [1.54, 1.807) is 19.1 Å². The molecule has 2 heterocycles. The van der Waals surface area contributed by atoms with E-state index < -0.39 is 23.5 Å². The van der Waals surface area contributed by atoms with Crippen molar-refractivity contribution >= 4 is 17.4 Å². The average molecular weight is 400 g/mol. The Morgan fingerprint density at radius 1 is 1.14 bits per heavy atom. The third-order valence-electron chi connectivity index (χ3n) is 5.24. The van der Waals surface area contributed by atoms with E-state index in [4.69, 9.17) is 4.42 Å². The lowest BCUT2D eigenvalue weighted by Gasteiger charge is -2.26. The highest BCUT2D eigenvalue weighted by Crippen LogP contribution is 2.39. The smallest absolute Gasteiger partial charge is 0.295 e. The third-order valence-corrected chi connectivity index (χ3v) is 5.24. The van der Waals surface area contributed by atoms with E-state index in [1.165, 1.54) is 29.2 Å². The number of Topliss-reactive ketones (excluding diaryl/α,β-unsaturated/α-hetero) is 1. The van der Waals surface area contributed by atoms with Crippen molar-refractivity contribution < 1.29 is 23.5 Å². The molecule has 0 aliphatic carbocycles. The minimum atomic E-state index is -0.829. The highest BCUT2D eigenvalue weighted by molar-refractivity contribution is 6.46. The van der Waals surface area contributed by atoms with Crippen molar-refractivity contribution in [3.8, 4) is 0 Å². The van der Waals surface area contributed by atoms with Gasteiger partial charge in [0.05, 0.1) is 5.57 Å². The fraction of sp³-hybridized carbons (Fsp3) is 0.364. The van der Waals surface area contributed by atoms with Crippen molar-refractivity contribution in [1.29, 1.82) is 0 Å². The third kappa shape index (κ3) is 4.10. The van der Waals surface area contributed by atoms with E-state index in [1.807, 2.05) is 13.8 Å². The Labute approximate surface area is 169 Å². The van der Waals surface area contributed by atoms with Crippen LogP contribution in [0.3, 0.4) is 0 Å². The summed E-state index contributed by atoms with van der Waals surface area (Å²) in [5.41, 5.74) is 0.219. The SMILES string of the molecule is CCN(CC)CCN1C(=O)C(=O)/C(=C(\O)c2ccc(F)cc2)C1c1ccc(C)o1. The normalized spacial score (nSPS) is 18.8. The zero-order valence-electron chi connectivity index (χ0n) is 16.8. The topological polar surface area (TPSA) is 74.0 Å². The number of aryl methyl sites for hydroxylation is 1. The Bertz CT molecular complexity index is 929. The molecule has 1 unspecified atom stereocenters. The van der Waals surface area contributed by atoms with Crippen molar-refractivity contribution in [2.75, 3.05) is 26.2 Å². The maximum Gasteiger partial charge on any atom is 0.295 e. The zero-order valence-corrected chi connectivity index (χ0v) is 16.8. The first-order valence-corrected chi connectivity index (χ1v) is 9.70. The number of benzene rings is 1. The lowest BCUT2D eigenvalue weighted by atomic mass is 9.99. The van der Waals surface area contributed by atoms with Crippen molar-refractivity contribution in [2.24, 2.45) is 0 Å². The molecule has 7 heteroatoms. The van der Waals surface area contributed by atoms with Crippen LogP contribution in [0.25, 0.3) is 5.76 Å². The second-order valence-corrected chi connectivity index (χ2v) is 6.97. The molecule has 0 spiro atoms. The van der Waals surface area contributed by atoms with E-state index in [2.05, 4.69) is 4.90 Å². The first-order valence-electron chi connectivity index (χ1n) is 9.70. The number of ketones is 1. The zero-order chi connectivity index (χ0) is 21.1. The van der Waals surface area contributed by atoms with Crippen molar-refractivity contribution in [2.45, 2.75) is 26.8 Å². The standard InChI is InChI=1S/C22H25FN2O4/c1-4-24(5-2)12-13-25-19(17-11-6-14(3)29-17)18(21(27)22(25)28)20(26)15-7-9-16(23)10-8-15/h6-11,19,26H,4-5,12-13H2,1-3H3/b20-18-. The van der Waals surface area contributed by atoms with Gasteiger partial charge in [-0.15, -0.1) is 0 Å². The summed E-state index contributed by atoms with van der Waals surface area (Å²) in [6.45, 7) is 8.37. The Kier molecular flexibility index (Phi) is 6.17. The van der Waals surface area contributed by atoms with Crippen LogP contribution in [-0.2, 0) is 9.59 Å². The molecule has 6 nitrogen and oxygen atoms in total. The van der Waals surface area contributed by atoms with Crippen LogP contribution in [0.1, 0.15) is 37.0 Å². The molecule has 1 atom stereocenters. The van der Waals surface area contributed by atoms with Gasteiger partial charge in [0.1, 0.15) is 29.1 Å². The lowest BCUT2D eigenvalue weighted by molar-refractivity contribution is -0.140. The maximum absolute atomic E-state index is 13.3. The number of furan rings is 1. The van der Waals surface area contributed by atoms with E-state index >= 15 is 0 Å². The number of rotatable bonds is 7. The minimum Gasteiger partial charge on any atom is -0.507 e. The summed E-state index contributed by atoms with van der Waals surface area (Å²) in [4.78, 5) is 29.2. The van der Waals surface area contributed by atoms with Crippen LogP contribution >= 0.6 is 0 Å². The van der Waals surface area contributed by atoms with Crippen LogP contribution in [0.15, 0.2) is 46.4 Å². The number of hydrogen-bond acceptors (Lipinski definition) is 5. The summed E-state index contributed by atoms with van der Waals surface area (Å²) in [7, 11) is 0. The number of aliphatic hydroxyl groups is 1. The van der Waals surface area contributed by atoms with Crippen LogP contribution in [0.2, 0.25) is 0 Å².